The number of benzene rings is 1. The van der Waals surface area contributed by atoms with Crippen LogP contribution in [0.5, 0.6) is 0 Å². The van der Waals surface area contributed by atoms with E-state index < -0.39 is 0 Å². The zero-order chi connectivity index (χ0) is 15.3. The number of hydrogen-bond acceptors (Lipinski definition) is 0. The first kappa shape index (κ1) is 19.5. The first-order chi connectivity index (χ1) is 9.26. The summed E-state index contributed by atoms with van der Waals surface area (Å²) in [5.74, 6) is 0. The SMILES string of the molecule is C=C/C=c1/cc(C=C)c(C=C)c/c1=C/C.CC.CC. The van der Waals surface area contributed by atoms with E-state index in [1.165, 1.54) is 5.22 Å². The highest BCUT2D eigenvalue weighted by Crippen LogP contribution is 2.06. The van der Waals surface area contributed by atoms with Gasteiger partial charge in [0.05, 0.1) is 0 Å². The van der Waals surface area contributed by atoms with Gasteiger partial charge in [0.25, 0.3) is 0 Å². The van der Waals surface area contributed by atoms with Crippen LogP contribution in [0.1, 0.15) is 45.7 Å². The van der Waals surface area contributed by atoms with Gasteiger partial charge in [-0.25, -0.2) is 0 Å². The lowest BCUT2D eigenvalue weighted by molar-refractivity contribution is 1.47. The molecule has 0 aliphatic rings. The summed E-state index contributed by atoms with van der Waals surface area (Å²) in [7, 11) is 0. The largest absolute Gasteiger partial charge is 0.0990 e. The normalized spacial score (nSPS) is 10.6. The Morgan fingerprint density at radius 2 is 1.21 bits per heavy atom. The van der Waals surface area contributed by atoms with E-state index in [9.17, 15) is 0 Å². The molecule has 0 bridgehead atoms. The molecule has 0 atom stereocenters. The lowest BCUT2D eigenvalue weighted by Gasteiger charge is -2.01. The third-order valence-electron chi connectivity index (χ3n) is 2.34. The van der Waals surface area contributed by atoms with Crippen LogP contribution >= 0.6 is 0 Å². The minimum Gasteiger partial charge on any atom is -0.0990 e. The Hall–Kier alpha value is -1.82. The highest BCUT2D eigenvalue weighted by molar-refractivity contribution is 5.64. The van der Waals surface area contributed by atoms with Crippen molar-refractivity contribution in [3.05, 3.63) is 59.5 Å². The van der Waals surface area contributed by atoms with Gasteiger partial charge in [-0.15, -0.1) is 0 Å². The van der Waals surface area contributed by atoms with Crippen molar-refractivity contribution in [2.24, 2.45) is 0 Å². The lowest BCUT2D eigenvalue weighted by Crippen LogP contribution is -2.24. The van der Waals surface area contributed by atoms with Crippen molar-refractivity contribution >= 4 is 24.3 Å². The van der Waals surface area contributed by atoms with Crippen LogP contribution in [0.2, 0.25) is 0 Å². The molecule has 1 aromatic rings. The third-order valence-corrected chi connectivity index (χ3v) is 2.34. The summed E-state index contributed by atoms with van der Waals surface area (Å²) in [6, 6.07) is 4.21. The fourth-order valence-electron chi connectivity index (χ4n) is 1.54. The molecule has 0 nitrogen and oxygen atoms in total. The van der Waals surface area contributed by atoms with Crippen LogP contribution in [0, 0.1) is 0 Å². The molecule has 0 aliphatic heterocycles. The number of rotatable bonds is 3. The van der Waals surface area contributed by atoms with Gasteiger partial charge in [0, 0.05) is 0 Å². The maximum absolute atomic E-state index is 3.80. The average Bonchev–Trinajstić information content (AvgIpc) is 2.51. The second-order valence-electron chi connectivity index (χ2n) is 3.21. The van der Waals surface area contributed by atoms with Gasteiger partial charge < -0.3 is 0 Å². The van der Waals surface area contributed by atoms with Crippen molar-refractivity contribution in [3.63, 3.8) is 0 Å². The Balaban J connectivity index is 0. The zero-order valence-corrected chi connectivity index (χ0v) is 13.2. The smallest absolute Gasteiger partial charge is 0.0181 e. The first-order valence-corrected chi connectivity index (χ1v) is 6.94. The summed E-state index contributed by atoms with van der Waals surface area (Å²) in [4.78, 5) is 0. The van der Waals surface area contributed by atoms with Gasteiger partial charge in [-0.05, 0) is 40.6 Å². The topological polar surface area (TPSA) is 0 Å². The monoisotopic (exact) mass is 256 g/mol. The van der Waals surface area contributed by atoms with Crippen LogP contribution < -0.4 is 10.4 Å². The highest BCUT2D eigenvalue weighted by Gasteiger charge is 1.95. The van der Waals surface area contributed by atoms with Crippen LogP contribution in [0.3, 0.4) is 0 Å². The van der Waals surface area contributed by atoms with Gasteiger partial charge in [0.1, 0.15) is 0 Å². The van der Waals surface area contributed by atoms with E-state index in [0.717, 1.165) is 16.3 Å². The van der Waals surface area contributed by atoms with Crippen molar-refractivity contribution in [1.29, 1.82) is 0 Å². The van der Waals surface area contributed by atoms with Gasteiger partial charge >= 0.3 is 0 Å². The highest BCUT2D eigenvalue weighted by atomic mass is 14.0. The van der Waals surface area contributed by atoms with Gasteiger partial charge in [-0.2, -0.15) is 0 Å². The van der Waals surface area contributed by atoms with E-state index in [4.69, 9.17) is 0 Å². The first-order valence-electron chi connectivity index (χ1n) is 6.94. The predicted molar refractivity (Wildman–Crippen MR) is 93.4 cm³/mol. The zero-order valence-electron chi connectivity index (χ0n) is 13.2. The van der Waals surface area contributed by atoms with Gasteiger partial charge in [0.2, 0.25) is 0 Å². The van der Waals surface area contributed by atoms with Crippen LogP contribution in [0.15, 0.2) is 37.9 Å². The molecule has 0 aromatic heterocycles. The van der Waals surface area contributed by atoms with Crippen molar-refractivity contribution in [1.82, 2.24) is 0 Å². The molecule has 1 aromatic carbocycles. The molecule has 0 saturated carbocycles. The van der Waals surface area contributed by atoms with Gasteiger partial charge in [-0.1, -0.05) is 77.8 Å². The molecule has 0 spiro atoms. The van der Waals surface area contributed by atoms with Gasteiger partial charge in [-0.3, -0.25) is 0 Å². The molecule has 0 aliphatic carbocycles. The predicted octanol–water partition coefficient (Wildman–Crippen LogP) is 4.79. The standard InChI is InChI=1S/C15H16.2C2H6/c1-5-9-15-11-13(7-3)12(6-2)10-14(15)8-4;2*1-2/h5-11H,1-3H2,4H3;2*1-2H3/b14-8-,15-9-;;. The van der Waals surface area contributed by atoms with Crippen LogP contribution in [0.25, 0.3) is 24.3 Å². The van der Waals surface area contributed by atoms with E-state index in [0.29, 0.717) is 0 Å². The summed E-state index contributed by atoms with van der Waals surface area (Å²) in [6.45, 7) is 21.3. The van der Waals surface area contributed by atoms with Crippen LogP contribution in [-0.2, 0) is 0 Å². The lowest BCUT2D eigenvalue weighted by atomic mass is 10.0. The molecule has 0 N–H and O–H groups in total. The van der Waals surface area contributed by atoms with E-state index in [2.05, 4.69) is 37.9 Å². The molecule has 0 fully saturated rings. The van der Waals surface area contributed by atoms with Crippen molar-refractivity contribution in [2.45, 2.75) is 34.6 Å². The maximum Gasteiger partial charge on any atom is -0.0181 e. The molecule has 104 valence electrons. The van der Waals surface area contributed by atoms with Gasteiger partial charge in [0.15, 0.2) is 0 Å². The average molecular weight is 256 g/mol. The molecule has 0 saturated heterocycles. The summed E-state index contributed by atoms with van der Waals surface area (Å²) >= 11 is 0. The molecule has 0 amide bonds. The van der Waals surface area contributed by atoms with E-state index >= 15 is 0 Å². The quantitative estimate of drug-likeness (QED) is 0.729. The molecular weight excluding hydrogens is 228 g/mol. The minimum absolute atomic E-state index is 1.10. The Bertz CT molecular complexity index is 502. The van der Waals surface area contributed by atoms with E-state index in [-0.39, 0.29) is 0 Å². The van der Waals surface area contributed by atoms with Crippen LogP contribution in [-0.4, -0.2) is 0 Å². The van der Waals surface area contributed by atoms with Crippen molar-refractivity contribution < 1.29 is 0 Å². The number of hydrogen-bond donors (Lipinski definition) is 0. The summed E-state index contributed by atoms with van der Waals surface area (Å²) in [5.41, 5.74) is 2.21. The molecule has 0 heterocycles. The second-order valence-corrected chi connectivity index (χ2v) is 3.21. The van der Waals surface area contributed by atoms with Crippen LogP contribution in [0.4, 0.5) is 0 Å². The Morgan fingerprint density at radius 1 is 0.789 bits per heavy atom. The molecule has 0 heteroatoms. The summed E-state index contributed by atoms with van der Waals surface area (Å²) in [6.07, 6.45) is 9.56. The molecule has 1 rings (SSSR count). The van der Waals surface area contributed by atoms with E-state index in [1.54, 1.807) is 6.08 Å². The third kappa shape index (κ3) is 6.05. The minimum atomic E-state index is 1.10. The molecule has 0 unspecified atom stereocenters. The van der Waals surface area contributed by atoms with Crippen molar-refractivity contribution in [2.75, 3.05) is 0 Å². The number of allylic oxidation sites excluding steroid dienone is 1. The molecular formula is C19H28. The maximum atomic E-state index is 3.80. The fraction of sp³-hybridized carbons (Fsp3) is 0.263. The Kier molecular flexibility index (Phi) is 13.0. The Morgan fingerprint density at radius 3 is 1.53 bits per heavy atom. The molecule has 0 radical (unpaired) electrons. The summed E-state index contributed by atoms with van der Waals surface area (Å²) in [5, 5.41) is 2.35. The summed E-state index contributed by atoms with van der Waals surface area (Å²) < 4.78 is 0. The fourth-order valence-corrected chi connectivity index (χ4v) is 1.54. The Labute approximate surface area is 119 Å². The van der Waals surface area contributed by atoms with E-state index in [1.807, 2.05) is 52.8 Å². The molecule has 19 heavy (non-hydrogen) atoms. The van der Waals surface area contributed by atoms with Crippen molar-refractivity contribution in [3.8, 4) is 0 Å². The second kappa shape index (κ2) is 12.6.